The Balaban J connectivity index is 1.45. The Bertz CT molecular complexity index is 1340. The van der Waals surface area contributed by atoms with E-state index in [9.17, 15) is 9.59 Å². The molecule has 0 saturated carbocycles. The highest BCUT2D eigenvalue weighted by molar-refractivity contribution is 6.29. The molecular formula is C21H17ClN8O2. The van der Waals surface area contributed by atoms with Gasteiger partial charge in [0, 0.05) is 13.1 Å². The van der Waals surface area contributed by atoms with Gasteiger partial charge < -0.3 is 15.5 Å². The van der Waals surface area contributed by atoms with Crippen LogP contribution >= 0.6 is 11.6 Å². The summed E-state index contributed by atoms with van der Waals surface area (Å²) >= 11 is 5.94. The fourth-order valence-corrected chi connectivity index (χ4v) is 3.77. The first-order valence-electron chi connectivity index (χ1n) is 9.79. The molecule has 1 aliphatic heterocycles. The molecule has 2 N–H and O–H groups in total. The molecule has 11 heteroatoms. The number of amides is 2. The number of pyridine rings is 1. The lowest BCUT2D eigenvalue weighted by Crippen LogP contribution is -2.46. The molecule has 2 amide bonds. The van der Waals surface area contributed by atoms with Gasteiger partial charge in [-0.3, -0.25) is 9.59 Å². The van der Waals surface area contributed by atoms with Crippen molar-refractivity contribution in [2.24, 2.45) is 0 Å². The number of halogens is 1. The van der Waals surface area contributed by atoms with E-state index >= 15 is 0 Å². The number of nitrogens with one attached hydrogen (secondary N) is 2. The second kappa shape index (κ2) is 7.89. The Hall–Kier alpha value is -4.05. The Morgan fingerprint density at radius 2 is 1.97 bits per heavy atom. The minimum absolute atomic E-state index is 0.0117. The van der Waals surface area contributed by atoms with Crippen LogP contribution < -0.4 is 15.5 Å². The van der Waals surface area contributed by atoms with E-state index in [4.69, 9.17) is 11.6 Å². The van der Waals surface area contributed by atoms with E-state index in [1.807, 2.05) is 36.4 Å². The zero-order chi connectivity index (χ0) is 22.2. The van der Waals surface area contributed by atoms with E-state index in [0.29, 0.717) is 17.8 Å². The molecule has 1 fully saturated rings. The lowest BCUT2D eigenvalue weighted by molar-refractivity contribution is -0.124. The Labute approximate surface area is 187 Å². The van der Waals surface area contributed by atoms with Crippen LogP contribution in [0.25, 0.3) is 5.65 Å². The van der Waals surface area contributed by atoms with Gasteiger partial charge >= 0.3 is 0 Å². The fraction of sp³-hybridized carbons (Fsp3) is 0.143. The van der Waals surface area contributed by atoms with Crippen LogP contribution in [-0.4, -0.2) is 43.7 Å². The first kappa shape index (κ1) is 19.9. The number of rotatable bonds is 5. The van der Waals surface area contributed by atoms with Crippen LogP contribution in [0.4, 0.5) is 17.3 Å². The summed E-state index contributed by atoms with van der Waals surface area (Å²) < 4.78 is 1.57. The van der Waals surface area contributed by atoms with E-state index < -0.39 is 5.91 Å². The number of nitrogens with zero attached hydrogens (tertiary/aromatic N) is 6. The van der Waals surface area contributed by atoms with Gasteiger partial charge in [-0.1, -0.05) is 41.9 Å². The standard InChI is InChI=1S/C21H17ClN8O2/c1-23-20(32)19-14(9-16(22)26-27-19)24-21-25-17-8-7-13(11-29(17)28-21)30-15(10-18(30)31)12-5-3-2-4-6-12/h2-9,11,15H,10H2,1H3,(H,23,32)(H,24,26,28). The van der Waals surface area contributed by atoms with Gasteiger partial charge in [0.05, 0.1) is 30.0 Å². The SMILES string of the molecule is CNC(=O)c1nnc(Cl)cc1Nc1nc2ccc(N3C(=O)CC3c3ccccc3)cn2n1. The molecule has 5 rings (SSSR count). The predicted octanol–water partition coefficient (Wildman–Crippen LogP) is 2.75. The molecule has 10 nitrogen and oxygen atoms in total. The van der Waals surface area contributed by atoms with E-state index in [2.05, 4.69) is 30.9 Å². The number of carbonyl (C=O) groups excluding carboxylic acids is 2. The Morgan fingerprint density at radius 3 is 2.72 bits per heavy atom. The van der Waals surface area contributed by atoms with E-state index in [-0.39, 0.29) is 28.7 Å². The maximum atomic E-state index is 12.4. The summed E-state index contributed by atoms with van der Waals surface area (Å²) in [5.74, 6) is -0.138. The van der Waals surface area contributed by atoms with Crippen molar-refractivity contribution < 1.29 is 9.59 Å². The summed E-state index contributed by atoms with van der Waals surface area (Å²) in [5.41, 5.74) is 2.75. The number of hydrogen-bond acceptors (Lipinski definition) is 7. The average Bonchev–Trinajstić information content (AvgIpc) is 3.19. The van der Waals surface area contributed by atoms with Crippen molar-refractivity contribution in [1.29, 1.82) is 0 Å². The zero-order valence-electron chi connectivity index (χ0n) is 16.9. The summed E-state index contributed by atoms with van der Waals surface area (Å²) in [6.07, 6.45) is 2.21. The van der Waals surface area contributed by atoms with Gasteiger partial charge in [-0.25, -0.2) is 4.52 Å². The smallest absolute Gasteiger partial charge is 0.273 e. The van der Waals surface area contributed by atoms with Crippen molar-refractivity contribution in [2.45, 2.75) is 12.5 Å². The van der Waals surface area contributed by atoms with Crippen molar-refractivity contribution in [3.63, 3.8) is 0 Å². The van der Waals surface area contributed by atoms with Crippen LogP contribution in [0.1, 0.15) is 28.5 Å². The third kappa shape index (κ3) is 3.50. The number of aromatic nitrogens is 5. The topological polar surface area (TPSA) is 117 Å². The van der Waals surface area contributed by atoms with E-state index in [1.165, 1.54) is 13.1 Å². The largest absolute Gasteiger partial charge is 0.354 e. The van der Waals surface area contributed by atoms with Crippen LogP contribution in [-0.2, 0) is 4.79 Å². The Morgan fingerprint density at radius 1 is 1.16 bits per heavy atom. The zero-order valence-corrected chi connectivity index (χ0v) is 17.6. The highest BCUT2D eigenvalue weighted by Gasteiger charge is 2.38. The van der Waals surface area contributed by atoms with E-state index in [0.717, 1.165) is 11.3 Å². The number of carbonyl (C=O) groups is 2. The normalized spacial score (nSPS) is 15.5. The van der Waals surface area contributed by atoms with Gasteiger partial charge in [0.1, 0.15) is 0 Å². The number of anilines is 3. The van der Waals surface area contributed by atoms with Crippen molar-refractivity contribution in [1.82, 2.24) is 30.1 Å². The first-order valence-corrected chi connectivity index (χ1v) is 10.2. The van der Waals surface area contributed by atoms with Crippen LogP contribution in [0, 0.1) is 0 Å². The fourth-order valence-electron chi connectivity index (χ4n) is 3.62. The molecule has 3 aromatic heterocycles. The van der Waals surface area contributed by atoms with Crippen LogP contribution in [0.2, 0.25) is 5.15 Å². The molecule has 0 bridgehead atoms. The molecule has 1 aromatic carbocycles. The number of benzene rings is 1. The molecule has 1 saturated heterocycles. The molecule has 0 radical (unpaired) electrons. The lowest BCUT2D eigenvalue weighted by atomic mass is 9.93. The minimum Gasteiger partial charge on any atom is -0.354 e. The molecule has 0 spiro atoms. The highest BCUT2D eigenvalue weighted by atomic mass is 35.5. The van der Waals surface area contributed by atoms with Crippen molar-refractivity contribution in [2.75, 3.05) is 17.3 Å². The van der Waals surface area contributed by atoms with Gasteiger partial charge in [-0.2, -0.15) is 4.98 Å². The second-order valence-corrected chi connectivity index (χ2v) is 7.54. The molecule has 32 heavy (non-hydrogen) atoms. The molecule has 1 unspecified atom stereocenters. The highest BCUT2D eigenvalue weighted by Crippen LogP contribution is 2.38. The van der Waals surface area contributed by atoms with Gasteiger partial charge in [-0.05, 0) is 17.7 Å². The van der Waals surface area contributed by atoms with Gasteiger partial charge in [0.2, 0.25) is 11.9 Å². The first-order chi connectivity index (χ1) is 15.5. The van der Waals surface area contributed by atoms with Crippen molar-refractivity contribution in [3.8, 4) is 0 Å². The maximum absolute atomic E-state index is 12.4. The van der Waals surface area contributed by atoms with Crippen LogP contribution in [0.15, 0.2) is 54.7 Å². The predicted molar refractivity (Wildman–Crippen MR) is 118 cm³/mol. The van der Waals surface area contributed by atoms with Gasteiger partial charge in [0.15, 0.2) is 16.5 Å². The summed E-state index contributed by atoms with van der Waals surface area (Å²) in [5, 5.41) is 17.6. The lowest BCUT2D eigenvalue weighted by Gasteiger charge is -2.40. The minimum atomic E-state index is -0.425. The van der Waals surface area contributed by atoms with E-state index in [1.54, 1.807) is 21.7 Å². The van der Waals surface area contributed by atoms with Crippen molar-refractivity contribution in [3.05, 3.63) is 71.1 Å². The van der Waals surface area contributed by atoms with Gasteiger partial charge in [-0.15, -0.1) is 15.3 Å². The Kier molecular flexibility index (Phi) is 4.91. The summed E-state index contributed by atoms with van der Waals surface area (Å²) in [6.45, 7) is 0. The van der Waals surface area contributed by atoms with Crippen LogP contribution in [0.3, 0.4) is 0 Å². The third-order valence-electron chi connectivity index (χ3n) is 5.18. The molecule has 0 aliphatic carbocycles. The molecule has 1 aliphatic rings. The van der Waals surface area contributed by atoms with Gasteiger partial charge in [0.25, 0.3) is 5.91 Å². The monoisotopic (exact) mass is 448 g/mol. The molecule has 4 aromatic rings. The molecule has 160 valence electrons. The van der Waals surface area contributed by atoms with Crippen molar-refractivity contribution >= 4 is 46.4 Å². The number of hydrogen-bond donors (Lipinski definition) is 2. The average molecular weight is 449 g/mol. The summed E-state index contributed by atoms with van der Waals surface area (Å²) in [7, 11) is 1.49. The molecule has 4 heterocycles. The summed E-state index contributed by atoms with van der Waals surface area (Å²) in [6, 6.07) is 15.0. The summed E-state index contributed by atoms with van der Waals surface area (Å²) in [4.78, 5) is 30.6. The third-order valence-corrected chi connectivity index (χ3v) is 5.36. The molecule has 1 atom stereocenters. The molecular weight excluding hydrogens is 432 g/mol. The maximum Gasteiger partial charge on any atom is 0.273 e. The quantitative estimate of drug-likeness (QED) is 0.451. The van der Waals surface area contributed by atoms with Crippen LogP contribution in [0.5, 0.6) is 0 Å². The second-order valence-electron chi connectivity index (χ2n) is 7.15. The number of fused-ring (bicyclic) bond motifs is 1. The number of β-lactam (4-membered cyclic amide) rings is 1.